The van der Waals surface area contributed by atoms with Crippen LogP contribution in [0.1, 0.15) is 73.1 Å². The van der Waals surface area contributed by atoms with Gasteiger partial charge < -0.3 is 4.74 Å². The van der Waals surface area contributed by atoms with Gasteiger partial charge in [-0.3, -0.25) is 4.79 Å². The van der Waals surface area contributed by atoms with Crippen molar-refractivity contribution in [3.05, 3.63) is 0 Å². The zero-order valence-electron chi connectivity index (χ0n) is 13.8. The topological polar surface area (TPSA) is 26.3 Å². The number of rotatable bonds is 5. The van der Waals surface area contributed by atoms with Crippen LogP contribution in [0, 0.1) is 16.7 Å². The SMILES string of the molecule is CCC(CC)(CF)C(=O)OC1CCC(C(C)(C)C)CC1. The van der Waals surface area contributed by atoms with Crippen LogP contribution in [0.4, 0.5) is 4.39 Å². The van der Waals surface area contributed by atoms with Crippen LogP contribution in [-0.4, -0.2) is 18.7 Å². The molecule has 1 saturated carbocycles. The summed E-state index contributed by atoms with van der Waals surface area (Å²) in [6.07, 6.45) is 5.05. The second kappa shape index (κ2) is 6.91. The molecule has 1 fully saturated rings. The maximum absolute atomic E-state index is 13.2. The first-order valence-corrected chi connectivity index (χ1v) is 8.06. The van der Waals surface area contributed by atoms with Crippen molar-refractivity contribution in [2.24, 2.45) is 16.7 Å². The minimum absolute atomic E-state index is 0.00914. The van der Waals surface area contributed by atoms with E-state index in [1.807, 2.05) is 13.8 Å². The van der Waals surface area contributed by atoms with E-state index in [4.69, 9.17) is 4.74 Å². The molecule has 0 saturated heterocycles. The van der Waals surface area contributed by atoms with Crippen molar-refractivity contribution >= 4 is 5.97 Å². The smallest absolute Gasteiger partial charge is 0.314 e. The Morgan fingerprint density at radius 2 is 1.60 bits per heavy atom. The van der Waals surface area contributed by atoms with Crippen molar-refractivity contribution in [2.75, 3.05) is 6.67 Å². The van der Waals surface area contributed by atoms with Gasteiger partial charge in [-0.25, -0.2) is 4.39 Å². The first-order chi connectivity index (χ1) is 9.29. The van der Waals surface area contributed by atoms with Gasteiger partial charge in [0.2, 0.25) is 0 Å². The number of hydrogen-bond acceptors (Lipinski definition) is 2. The average molecular weight is 286 g/mol. The third kappa shape index (κ3) is 3.95. The van der Waals surface area contributed by atoms with Crippen LogP contribution >= 0.6 is 0 Å². The van der Waals surface area contributed by atoms with Crippen LogP contribution in [0.2, 0.25) is 0 Å². The number of alkyl halides is 1. The summed E-state index contributed by atoms with van der Waals surface area (Å²) < 4.78 is 18.8. The molecule has 2 nitrogen and oxygen atoms in total. The Hall–Kier alpha value is -0.600. The molecule has 0 aliphatic heterocycles. The summed E-state index contributed by atoms with van der Waals surface area (Å²) in [5, 5.41) is 0. The number of hydrogen-bond donors (Lipinski definition) is 0. The second-order valence-electron chi connectivity index (χ2n) is 7.37. The Balaban J connectivity index is 2.53. The van der Waals surface area contributed by atoms with E-state index in [2.05, 4.69) is 20.8 Å². The molecule has 1 aliphatic carbocycles. The summed E-state index contributed by atoms with van der Waals surface area (Å²) >= 11 is 0. The molecule has 0 unspecified atom stereocenters. The Morgan fingerprint density at radius 1 is 1.10 bits per heavy atom. The number of halogens is 1. The largest absolute Gasteiger partial charge is 0.462 e. The Morgan fingerprint density at radius 3 is 1.95 bits per heavy atom. The van der Waals surface area contributed by atoms with Gasteiger partial charge in [-0.2, -0.15) is 0 Å². The molecule has 0 bridgehead atoms. The first kappa shape index (κ1) is 17.5. The molecule has 1 rings (SSSR count). The normalized spacial score (nSPS) is 24.5. The van der Waals surface area contributed by atoms with Gasteiger partial charge in [0.1, 0.15) is 12.8 Å². The molecule has 118 valence electrons. The number of carbonyl (C=O) groups excluding carboxylic acids is 1. The standard InChI is InChI=1S/C17H31FO2/c1-6-17(7-2,12-18)15(19)20-14-10-8-13(9-11-14)16(3,4)5/h13-14H,6-12H2,1-5H3. The van der Waals surface area contributed by atoms with Crippen molar-refractivity contribution in [1.29, 1.82) is 0 Å². The monoisotopic (exact) mass is 286 g/mol. The minimum Gasteiger partial charge on any atom is -0.462 e. The number of carbonyl (C=O) groups is 1. The second-order valence-corrected chi connectivity index (χ2v) is 7.37. The van der Waals surface area contributed by atoms with Gasteiger partial charge in [-0.15, -0.1) is 0 Å². The van der Waals surface area contributed by atoms with Gasteiger partial charge in [-0.05, 0) is 49.9 Å². The van der Waals surface area contributed by atoms with Crippen LogP contribution in [0.5, 0.6) is 0 Å². The fraction of sp³-hybridized carbons (Fsp3) is 0.941. The number of ether oxygens (including phenoxy) is 1. The van der Waals surface area contributed by atoms with E-state index in [-0.39, 0.29) is 12.1 Å². The minimum atomic E-state index is -0.916. The molecule has 0 aromatic rings. The lowest BCUT2D eigenvalue weighted by atomic mass is 9.72. The van der Waals surface area contributed by atoms with E-state index in [0.29, 0.717) is 24.2 Å². The van der Waals surface area contributed by atoms with Crippen LogP contribution in [0.15, 0.2) is 0 Å². The maximum Gasteiger partial charge on any atom is 0.314 e. The molecule has 3 heteroatoms. The predicted octanol–water partition coefficient (Wildman–Crippen LogP) is 4.91. The lowest BCUT2D eigenvalue weighted by Gasteiger charge is -2.37. The molecule has 0 amide bonds. The predicted molar refractivity (Wildman–Crippen MR) is 80.3 cm³/mol. The summed E-state index contributed by atoms with van der Waals surface area (Å²) in [6.45, 7) is 9.92. The van der Waals surface area contributed by atoms with Crippen molar-refractivity contribution in [3.8, 4) is 0 Å². The van der Waals surface area contributed by atoms with E-state index >= 15 is 0 Å². The van der Waals surface area contributed by atoms with E-state index in [1.54, 1.807) is 0 Å². The van der Waals surface area contributed by atoms with Crippen LogP contribution < -0.4 is 0 Å². The zero-order valence-corrected chi connectivity index (χ0v) is 13.8. The molecule has 0 N–H and O–H groups in total. The lowest BCUT2D eigenvalue weighted by molar-refractivity contribution is -0.165. The molecule has 0 radical (unpaired) electrons. The molecule has 20 heavy (non-hydrogen) atoms. The summed E-state index contributed by atoms with van der Waals surface area (Å²) in [4.78, 5) is 12.2. The van der Waals surface area contributed by atoms with Crippen molar-refractivity contribution < 1.29 is 13.9 Å². The molecule has 0 spiro atoms. The van der Waals surface area contributed by atoms with Gasteiger partial charge in [0, 0.05) is 0 Å². The van der Waals surface area contributed by atoms with Gasteiger partial charge in [0.25, 0.3) is 0 Å². The van der Waals surface area contributed by atoms with E-state index in [0.717, 1.165) is 25.7 Å². The third-order valence-corrected chi connectivity index (χ3v) is 5.22. The quantitative estimate of drug-likeness (QED) is 0.671. The molecular weight excluding hydrogens is 255 g/mol. The lowest BCUT2D eigenvalue weighted by Crippen LogP contribution is -2.38. The van der Waals surface area contributed by atoms with Gasteiger partial charge in [0.15, 0.2) is 0 Å². The number of esters is 1. The molecule has 0 aromatic heterocycles. The fourth-order valence-corrected chi connectivity index (χ4v) is 3.11. The summed E-state index contributed by atoms with van der Waals surface area (Å²) in [5.74, 6) is 0.366. The highest BCUT2D eigenvalue weighted by Gasteiger charge is 2.39. The maximum atomic E-state index is 13.2. The highest BCUT2D eigenvalue weighted by atomic mass is 19.1. The molecule has 1 aliphatic rings. The van der Waals surface area contributed by atoms with Crippen molar-refractivity contribution in [2.45, 2.75) is 79.2 Å². The molecule has 0 atom stereocenters. The van der Waals surface area contributed by atoms with Crippen LogP contribution in [-0.2, 0) is 9.53 Å². The van der Waals surface area contributed by atoms with E-state index in [1.165, 1.54) is 0 Å². The Labute approximate surface area is 123 Å². The Kier molecular flexibility index (Phi) is 6.03. The van der Waals surface area contributed by atoms with Gasteiger partial charge in [-0.1, -0.05) is 34.6 Å². The van der Waals surface area contributed by atoms with E-state index in [9.17, 15) is 9.18 Å². The van der Waals surface area contributed by atoms with Crippen molar-refractivity contribution in [3.63, 3.8) is 0 Å². The summed E-state index contributed by atoms with van der Waals surface area (Å²) in [6, 6.07) is 0. The summed E-state index contributed by atoms with van der Waals surface area (Å²) in [7, 11) is 0. The first-order valence-electron chi connectivity index (χ1n) is 8.06. The average Bonchev–Trinajstić information content (AvgIpc) is 2.41. The Bertz CT molecular complexity index is 299. The van der Waals surface area contributed by atoms with Crippen LogP contribution in [0.3, 0.4) is 0 Å². The fourth-order valence-electron chi connectivity index (χ4n) is 3.11. The highest BCUT2D eigenvalue weighted by molar-refractivity contribution is 5.77. The summed E-state index contributed by atoms with van der Waals surface area (Å²) in [5.41, 5.74) is -0.592. The molecule has 0 aromatic carbocycles. The van der Waals surface area contributed by atoms with Gasteiger partial charge >= 0.3 is 5.97 Å². The third-order valence-electron chi connectivity index (χ3n) is 5.22. The zero-order chi connectivity index (χ0) is 15.4. The molecular formula is C17H31FO2. The van der Waals surface area contributed by atoms with E-state index < -0.39 is 12.1 Å². The van der Waals surface area contributed by atoms with Crippen LogP contribution in [0.25, 0.3) is 0 Å². The molecule has 0 heterocycles. The highest BCUT2D eigenvalue weighted by Crippen LogP contribution is 2.39. The van der Waals surface area contributed by atoms with Crippen molar-refractivity contribution in [1.82, 2.24) is 0 Å². The van der Waals surface area contributed by atoms with Gasteiger partial charge in [0.05, 0.1) is 5.41 Å².